The molecule has 0 bridgehead atoms. The Hall–Kier alpha value is -3.73. The molecule has 0 saturated carbocycles. The van der Waals surface area contributed by atoms with E-state index in [0.29, 0.717) is 0 Å². The third-order valence-electron chi connectivity index (χ3n) is 8.35. The Labute approximate surface area is 275 Å². The highest BCUT2D eigenvalue weighted by atomic mass is 16.5. The van der Waals surface area contributed by atoms with Crippen LogP contribution in [0, 0.1) is 18.3 Å². The number of benzene rings is 1. The molecule has 258 valence electrons. The van der Waals surface area contributed by atoms with Crippen LogP contribution in [0.3, 0.4) is 0 Å². The highest BCUT2D eigenvalue weighted by molar-refractivity contribution is 5.96. The van der Waals surface area contributed by atoms with Crippen molar-refractivity contribution in [3.8, 4) is 0 Å². The molecule has 0 spiro atoms. The first-order valence-corrected chi connectivity index (χ1v) is 15.7. The van der Waals surface area contributed by atoms with Crippen LogP contribution in [0.15, 0.2) is 35.9 Å². The Morgan fingerprint density at radius 3 is 2.04 bits per heavy atom. The molecular formula is C35H56N4O7. The van der Waals surface area contributed by atoms with E-state index in [9.17, 15) is 24.0 Å². The minimum Gasteiger partial charge on any atom is -0.469 e. The van der Waals surface area contributed by atoms with Crippen LogP contribution in [0.1, 0.15) is 79.4 Å². The molecule has 1 aromatic carbocycles. The first kappa shape index (κ1) is 40.3. The average molecular weight is 645 g/mol. The highest BCUT2D eigenvalue weighted by Gasteiger charge is 2.41. The zero-order valence-electron chi connectivity index (χ0n) is 30.0. The van der Waals surface area contributed by atoms with Crippen molar-refractivity contribution in [1.29, 1.82) is 0 Å². The van der Waals surface area contributed by atoms with Crippen molar-refractivity contribution in [2.24, 2.45) is 11.3 Å². The average Bonchev–Trinajstić information content (AvgIpc) is 2.98. The van der Waals surface area contributed by atoms with Gasteiger partial charge in [0.25, 0.3) is 0 Å². The lowest BCUT2D eigenvalue weighted by Crippen LogP contribution is -2.61. The van der Waals surface area contributed by atoms with Gasteiger partial charge < -0.3 is 30.3 Å². The summed E-state index contributed by atoms with van der Waals surface area (Å²) >= 11 is 0. The molecule has 46 heavy (non-hydrogen) atoms. The molecule has 0 aromatic heterocycles. The number of rotatable bonds is 15. The van der Waals surface area contributed by atoms with E-state index in [0.717, 1.165) is 11.1 Å². The summed E-state index contributed by atoms with van der Waals surface area (Å²) in [5.74, 6) is -2.46. The van der Waals surface area contributed by atoms with Crippen LogP contribution in [-0.2, 0) is 38.9 Å². The topological polar surface area (TPSA) is 143 Å². The number of carbonyl (C=O) groups is 5. The Balaban J connectivity index is 3.30. The smallest absolute Gasteiger partial charge is 0.328 e. The van der Waals surface area contributed by atoms with E-state index in [-0.39, 0.29) is 36.1 Å². The lowest BCUT2D eigenvalue weighted by atomic mass is 9.76. The van der Waals surface area contributed by atoms with Crippen LogP contribution in [0.4, 0.5) is 0 Å². The molecule has 0 aliphatic rings. The van der Waals surface area contributed by atoms with Gasteiger partial charge in [0.05, 0.1) is 26.3 Å². The van der Waals surface area contributed by atoms with Crippen molar-refractivity contribution in [3.63, 3.8) is 0 Å². The molecule has 11 heteroatoms. The van der Waals surface area contributed by atoms with Gasteiger partial charge in [0.1, 0.15) is 12.1 Å². The molecule has 1 aromatic rings. The number of nitrogens with one attached hydrogen (secondary N) is 3. The fourth-order valence-electron chi connectivity index (χ4n) is 5.37. The third-order valence-corrected chi connectivity index (χ3v) is 8.35. The molecule has 0 aliphatic carbocycles. The second-order valence-electron chi connectivity index (χ2n) is 13.8. The lowest BCUT2D eigenvalue weighted by Gasteiger charge is -2.40. The van der Waals surface area contributed by atoms with Gasteiger partial charge in [-0.3, -0.25) is 19.2 Å². The number of methoxy groups -OCH3 is 2. The van der Waals surface area contributed by atoms with Gasteiger partial charge in [0, 0.05) is 24.5 Å². The van der Waals surface area contributed by atoms with E-state index in [1.165, 1.54) is 14.2 Å². The summed E-state index contributed by atoms with van der Waals surface area (Å²) in [4.78, 5) is 66.6. The van der Waals surface area contributed by atoms with Crippen LogP contribution in [0.2, 0.25) is 0 Å². The number of amides is 3. The Bertz CT molecular complexity index is 1270. The van der Waals surface area contributed by atoms with Gasteiger partial charge >= 0.3 is 11.9 Å². The predicted octanol–water partition coefficient (Wildman–Crippen LogP) is 3.43. The predicted molar refractivity (Wildman–Crippen MR) is 179 cm³/mol. The fraction of sp³-hybridized carbons (Fsp3) is 0.629. The lowest BCUT2D eigenvalue weighted by molar-refractivity contribution is -0.146. The second-order valence-corrected chi connectivity index (χ2v) is 13.8. The molecule has 0 aliphatic heterocycles. The summed E-state index contributed by atoms with van der Waals surface area (Å²) in [5, 5.41) is 8.83. The van der Waals surface area contributed by atoms with E-state index in [1.807, 2.05) is 73.6 Å². The number of carbonyl (C=O) groups excluding carboxylic acids is 5. The minimum atomic E-state index is -1.05. The zero-order valence-corrected chi connectivity index (χ0v) is 30.0. The van der Waals surface area contributed by atoms with Gasteiger partial charge in [-0.1, -0.05) is 84.4 Å². The van der Waals surface area contributed by atoms with E-state index in [1.54, 1.807) is 32.0 Å². The number of hydrogen-bond donors (Lipinski definition) is 3. The maximum atomic E-state index is 14.1. The summed E-state index contributed by atoms with van der Waals surface area (Å²) in [6.07, 6.45) is 1.60. The van der Waals surface area contributed by atoms with Crippen LogP contribution in [0.5, 0.6) is 0 Å². The maximum absolute atomic E-state index is 14.1. The second kappa shape index (κ2) is 17.3. The SMILES string of the molecule is CN[C@H](C(=O)N[C@H](C(=O)N(C)[C@H](/C=C(\C)C(=O)N[C@H](CCC(=O)OC)C(=O)OC)C(C)C)C(C)(C)C)C(C)(C)c1cccc(C)c1. The van der Waals surface area contributed by atoms with E-state index >= 15 is 0 Å². The summed E-state index contributed by atoms with van der Waals surface area (Å²) in [6, 6.07) is 4.94. The van der Waals surface area contributed by atoms with Crippen molar-refractivity contribution < 1.29 is 33.4 Å². The van der Waals surface area contributed by atoms with Gasteiger partial charge in [0.2, 0.25) is 17.7 Å². The van der Waals surface area contributed by atoms with Gasteiger partial charge in [-0.25, -0.2) is 4.79 Å². The first-order valence-electron chi connectivity index (χ1n) is 15.7. The zero-order chi connectivity index (χ0) is 35.6. The fourth-order valence-corrected chi connectivity index (χ4v) is 5.37. The van der Waals surface area contributed by atoms with Gasteiger partial charge in [-0.2, -0.15) is 0 Å². The van der Waals surface area contributed by atoms with Crippen molar-refractivity contribution in [2.75, 3.05) is 28.3 Å². The minimum absolute atomic E-state index is 0.00558. The normalized spacial score (nSPS) is 14.9. The number of hydrogen-bond acceptors (Lipinski definition) is 8. The van der Waals surface area contributed by atoms with Crippen LogP contribution in [-0.4, -0.2) is 87.0 Å². The van der Waals surface area contributed by atoms with Crippen LogP contribution < -0.4 is 16.0 Å². The van der Waals surface area contributed by atoms with Crippen molar-refractivity contribution in [3.05, 3.63) is 47.0 Å². The van der Waals surface area contributed by atoms with Crippen LogP contribution >= 0.6 is 0 Å². The molecule has 0 heterocycles. The monoisotopic (exact) mass is 644 g/mol. The number of esters is 2. The highest BCUT2D eigenvalue weighted by Crippen LogP contribution is 2.29. The Morgan fingerprint density at radius 1 is 0.957 bits per heavy atom. The largest absolute Gasteiger partial charge is 0.469 e. The number of likely N-dealkylation sites (N-methyl/N-ethyl adjacent to an activating group) is 2. The first-order chi connectivity index (χ1) is 21.2. The molecule has 3 N–H and O–H groups in total. The molecule has 4 atom stereocenters. The molecule has 11 nitrogen and oxygen atoms in total. The summed E-state index contributed by atoms with van der Waals surface area (Å²) in [5.41, 5.74) is 1.13. The molecule has 0 saturated heterocycles. The number of nitrogens with zero attached hydrogens (tertiary/aromatic N) is 1. The van der Waals surface area contributed by atoms with Gasteiger partial charge in [-0.05, 0) is 44.2 Å². The van der Waals surface area contributed by atoms with E-state index < -0.39 is 52.8 Å². The van der Waals surface area contributed by atoms with Gasteiger partial charge in [0.15, 0.2) is 0 Å². The summed E-state index contributed by atoms with van der Waals surface area (Å²) < 4.78 is 9.44. The maximum Gasteiger partial charge on any atom is 0.328 e. The molecule has 1 rings (SSSR count). The van der Waals surface area contributed by atoms with E-state index in [4.69, 9.17) is 4.74 Å². The van der Waals surface area contributed by atoms with Crippen molar-refractivity contribution in [2.45, 2.75) is 105 Å². The third kappa shape index (κ3) is 11.0. The molecule has 3 amide bonds. The molecule has 0 unspecified atom stereocenters. The summed E-state index contributed by atoms with van der Waals surface area (Å²) in [7, 11) is 5.82. The molecular weight excluding hydrogens is 588 g/mol. The Kier molecular flexibility index (Phi) is 15.1. The standard InChI is InChI=1S/C35H56N4O7/c1-21(2)26(20-23(4)30(41)37-25(33(44)46-13)17-18-27(40)45-12)39(11)32(43)29(34(5,6)7)38-31(42)28(36-10)35(8,9)24-16-14-15-22(3)19-24/h14-16,19-21,25-26,28-29,36H,17-18H2,1-13H3,(H,37,41)(H,38,42)/b23-20+/t25-,26-,28-,29-/m1/s1. The van der Waals surface area contributed by atoms with Crippen LogP contribution in [0.25, 0.3) is 0 Å². The Morgan fingerprint density at radius 2 is 1.57 bits per heavy atom. The summed E-state index contributed by atoms with van der Waals surface area (Å²) in [6.45, 7) is 17.1. The van der Waals surface area contributed by atoms with Crippen molar-refractivity contribution in [1.82, 2.24) is 20.9 Å². The molecule has 0 radical (unpaired) electrons. The van der Waals surface area contributed by atoms with Crippen molar-refractivity contribution >= 4 is 29.7 Å². The molecule has 0 fully saturated rings. The quantitative estimate of drug-likeness (QED) is 0.195. The van der Waals surface area contributed by atoms with Gasteiger partial charge in [-0.15, -0.1) is 0 Å². The number of aryl methyl sites for hydroxylation is 1. The van der Waals surface area contributed by atoms with E-state index in [2.05, 4.69) is 26.8 Å². The number of ether oxygens (including phenoxy) is 2.